The molecule has 0 rings (SSSR count). The molecule has 29 heavy (non-hydrogen) atoms. The first-order valence-electron chi connectivity index (χ1n) is 13.2. The van der Waals surface area contributed by atoms with Crippen molar-refractivity contribution in [3.8, 4) is 0 Å². The third-order valence-corrected chi connectivity index (χ3v) is 11.8. The van der Waals surface area contributed by atoms with Gasteiger partial charge in [0.25, 0.3) is 0 Å². The van der Waals surface area contributed by atoms with Crippen LogP contribution in [-0.4, -0.2) is 21.8 Å². The Balaban J connectivity index is 4.41. The molecular weight excluding hydrogens is 372 g/mol. The first kappa shape index (κ1) is 29.1. The summed E-state index contributed by atoms with van der Waals surface area (Å²) in [6.07, 6.45) is 19.2. The maximum Gasteiger partial charge on any atom is 0.344 e. The fraction of sp³-hybridized carbons (Fsp3) is 1.00. The van der Waals surface area contributed by atoms with Crippen molar-refractivity contribution >= 4 is 8.56 Å². The number of hydrogen-bond donors (Lipinski definition) is 0. The molecule has 0 saturated carbocycles. The highest BCUT2D eigenvalue weighted by atomic mass is 28.4. The Morgan fingerprint density at radius 1 is 0.621 bits per heavy atom. The quantitative estimate of drug-likeness (QED) is 0.134. The van der Waals surface area contributed by atoms with Crippen LogP contribution in [0.5, 0.6) is 0 Å². The summed E-state index contributed by atoms with van der Waals surface area (Å²) in [7, 11) is -2.23. The number of hydrogen-bond acceptors (Lipinski definition) is 2. The van der Waals surface area contributed by atoms with Crippen molar-refractivity contribution in [1.29, 1.82) is 0 Å². The highest BCUT2D eigenvalue weighted by molar-refractivity contribution is 6.70. The van der Waals surface area contributed by atoms with E-state index in [1.807, 2.05) is 0 Å². The highest BCUT2D eigenvalue weighted by Crippen LogP contribution is 2.47. The molecule has 0 amide bonds. The van der Waals surface area contributed by atoms with Gasteiger partial charge in [-0.25, -0.2) is 0 Å². The second-order valence-corrected chi connectivity index (χ2v) is 13.5. The second kappa shape index (κ2) is 17.8. The van der Waals surface area contributed by atoms with Crippen molar-refractivity contribution in [2.45, 2.75) is 149 Å². The van der Waals surface area contributed by atoms with Gasteiger partial charge < -0.3 is 8.85 Å². The van der Waals surface area contributed by atoms with Crippen molar-refractivity contribution in [1.82, 2.24) is 0 Å². The van der Waals surface area contributed by atoms with Crippen molar-refractivity contribution in [3.05, 3.63) is 0 Å². The molecule has 0 N–H and O–H groups in total. The molecule has 0 aliphatic carbocycles. The summed E-state index contributed by atoms with van der Waals surface area (Å²) in [4.78, 5) is 0. The van der Waals surface area contributed by atoms with E-state index >= 15 is 0 Å². The van der Waals surface area contributed by atoms with Gasteiger partial charge in [0, 0.05) is 18.3 Å². The summed E-state index contributed by atoms with van der Waals surface area (Å²) in [6, 6.07) is 1.16. The van der Waals surface area contributed by atoms with Crippen LogP contribution in [0.25, 0.3) is 0 Å². The molecule has 3 heteroatoms. The van der Waals surface area contributed by atoms with Crippen LogP contribution in [0.3, 0.4) is 0 Å². The zero-order valence-electron chi connectivity index (χ0n) is 21.4. The zero-order valence-corrected chi connectivity index (χ0v) is 22.4. The predicted molar refractivity (Wildman–Crippen MR) is 133 cm³/mol. The van der Waals surface area contributed by atoms with Crippen LogP contribution in [0.15, 0.2) is 0 Å². The molecule has 0 spiro atoms. The Labute approximate surface area is 186 Å². The molecule has 0 fully saturated rings. The Hall–Kier alpha value is 0.137. The van der Waals surface area contributed by atoms with E-state index in [4.69, 9.17) is 8.85 Å². The normalized spacial score (nSPS) is 12.8. The SMILES string of the molecule is CCCCCCCCCCCCCC(C)(C)[Si](CC(CC)CC)(OCC)OCC. The lowest BCUT2D eigenvalue weighted by Gasteiger charge is -2.44. The lowest BCUT2D eigenvalue weighted by molar-refractivity contribution is 0.147. The minimum absolute atomic E-state index is 0.181. The summed E-state index contributed by atoms with van der Waals surface area (Å²) in [5, 5.41) is 0.181. The summed E-state index contributed by atoms with van der Waals surface area (Å²) >= 11 is 0. The van der Waals surface area contributed by atoms with Gasteiger partial charge in [-0.2, -0.15) is 0 Å². The summed E-state index contributed by atoms with van der Waals surface area (Å²) in [5.41, 5.74) is 0. The Bertz CT molecular complexity index is 347. The number of rotatable bonds is 21. The van der Waals surface area contributed by atoms with Gasteiger partial charge in [-0.3, -0.25) is 0 Å². The Morgan fingerprint density at radius 3 is 1.41 bits per heavy atom. The largest absolute Gasteiger partial charge is 0.394 e. The summed E-state index contributed by atoms with van der Waals surface area (Å²) in [5.74, 6) is 0.733. The van der Waals surface area contributed by atoms with Gasteiger partial charge in [0.2, 0.25) is 0 Å². The molecule has 0 aliphatic heterocycles. The van der Waals surface area contributed by atoms with E-state index in [0.29, 0.717) is 0 Å². The second-order valence-electron chi connectivity index (χ2n) is 9.67. The average Bonchev–Trinajstić information content (AvgIpc) is 2.70. The van der Waals surface area contributed by atoms with Gasteiger partial charge in [0.05, 0.1) is 0 Å². The molecule has 0 radical (unpaired) electrons. The molecule has 0 aromatic heterocycles. The Morgan fingerprint density at radius 2 is 1.03 bits per heavy atom. The van der Waals surface area contributed by atoms with Crippen molar-refractivity contribution in [2.24, 2.45) is 5.92 Å². The molecule has 0 atom stereocenters. The molecule has 2 nitrogen and oxygen atoms in total. The topological polar surface area (TPSA) is 18.5 Å². The maximum atomic E-state index is 6.54. The zero-order chi connectivity index (χ0) is 22.0. The van der Waals surface area contributed by atoms with Gasteiger partial charge in [-0.1, -0.05) is 118 Å². The highest BCUT2D eigenvalue weighted by Gasteiger charge is 2.52. The first-order chi connectivity index (χ1) is 13.9. The molecule has 0 saturated heterocycles. The van der Waals surface area contributed by atoms with E-state index in [9.17, 15) is 0 Å². The fourth-order valence-corrected chi connectivity index (χ4v) is 9.15. The van der Waals surface area contributed by atoms with Crippen LogP contribution in [0, 0.1) is 5.92 Å². The lowest BCUT2D eigenvalue weighted by Crippen LogP contribution is -2.52. The van der Waals surface area contributed by atoms with E-state index in [1.54, 1.807) is 0 Å². The molecular formula is C26H56O2Si. The molecule has 0 unspecified atom stereocenters. The van der Waals surface area contributed by atoms with Gasteiger partial charge >= 0.3 is 8.56 Å². The maximum absolute atomic E-state index is 6.54. The van der Waals surface area contributed by atoms with E-state index in [-0.39, 0.29) is 5.04 Å². The smallest absolute Gasteiger partial charge is 0.344 e. The van der Waals surface area contributed by atoms with Crippen LogP contribution in [0.1, 0.15) is 138 Å². The van der Waals surface area contributed by atoms with E-state index < -0.39 is 8.56 Å². The van der Waals surface area contributed by atoms with Gasteiger partial charge in [0.15, 0.2) is 0 Å². The summed E-state index contributed by atoms with van der Waals surface area (Å²) < 4.78 is 13.1. The minimum atomic E-state index is -2.23. The summed E-state index contributed by atoms with van der Waals surface area (Å²) in [6.45, 7) is 17.7. The van der Waals surface area contributed by atoms with Gasteiger partial charge in [-0.15, -0.1) is 0 Å². The van der Waals surface area contributed by atoms with E-state index in [2.05, 4.69) is 48.5 Å². The predicted octanol–water partition coefficient (Wildman–Crippen LogP) is 9.42. The van der Waals surface area contributed by atoms with Crippen molar-refractivity contribution in [3.63, 3.8) is 0 Å². The van der Waals surface area contributed by atoms with Crippen molar-refractivity contribution < 1.29 is 8.85 Å². The molecule has 176 valence electrons. The number of unbranched alkanes of at least 4 members (excludes halogenated alkanes) is 10. The third-order valence-electron chi connectivity index (χ3n) is 6.90. The Kier molecular flexibility index (Phi) is 17.9. The van der Waals surface area contributed by atoms with Crippen LogP contribution in [-0.2, 0) is 8.85 Å². The molecule has 0 aliphatic rings. The molecule has 0 bridgehead atoms. The first-order valence-corrected chi connectivity index (χ1v) is 15.2. The van der Waals surface area contributed by atoms with Crippen LogP contribution in [0.4, 0.5) is 0 Å². The lowest BCUT2D eigenvalue weighted by atomic mass is 10.0. The van der Waals surface area contributed by atoms with E-state index in [0.717, 1.165) is 25.2 Å². The third kappa shape index (κ3) is 11.9. The van der Waals surface area contributed by atoms with Gasteiger partial charge in [-0.05, 0) is 32.2 Å². The monoisotopic (exact) mass is 428 g/mol. The fourth-order valence-electron chi connectivity index (χ4n) is 4.67. The molecule has 0 heterocycles. The van der Waals surface area contributed by atoms with Crippen LogP contribution < -0.4 is 0 Å². The van der Waals surface area contributed by atoms with E-state index in [1.165, 1.54) is 89.9 Å². The minimum Gasteiger partial charge on any atom is -0.394 e. The van der Waals surface area contributed by atoms with Crippen LogP contribution in [0.2, 0.25) is 11.1 Å². The molecule has 0 aromatic carbocycles. The standard InChI is InChI=1S/C26H56O2Si/c1-8-13-14-15-16-17-18-19-20-21-22-23-26(6,7)29(27-11-4,28-12-5)24-25(9-2)10-3/h25H,8-24H2,1-7H3. The average molecular weight is 429 g/mol. The van der Waals surface area contributed by atoms with Gasteiger partial charge in [0.1, 0.15) is 0 Å². The van der Waals surface area contributed by atoms with Crippen LogP contribution >= 0.6 is 0 Å². The van der Waals surface area contributed by atoms with Crippen molar-refractivity contribution in [2.75, 3.05) is 13.2 Å². The molecule has 0 aromatic rings.